The van der Waals surface area contributed by atoms with Crippen molar-refractivity contribution in [2.24, 2.45) is 0 Å². The Labute approximate surface area is 101 Å². The average molecular weight is 225 g/mol. The second kappa shape index (κ2) is 3.88. The number of hydrogen-bond donors (Lipinski definition) is 0. The van der Waals surface area contributed by atoms with Crippen molar-refractivity contribution in [3.8, 4) is 0 Å². The first kappa shape index (κ1) is 10.3. The molecule has 17 heavy (non-hydrogen) atoms. The summed E-state index contributed by atoms with van der Waals surface area (Å²) in [6.45, 7) is 2.90. The Balaban J connectivity index is 1.98. The molecule has 0 N–H and O–H groups in total. The van der Waals surface area contributed by atoms with E-state index in [0.717, 1.165) is 24.1 Å². The molecule has 1 aromatic carbocycles. The van der Waals surface area contributed by atoms with Crippen LogP contribution in [-0.2, 0) is 13.0 Å². The second-order valence-electron chi connectivity index (χ2n) is 4.67. The number of hydrogen-bond acceptors (Lipinski definition) is 1. The lowest BCUT2D eigenvalue weighted by Gasteiger charge is -2.06. The highest BCUT2D eigenvalue weighted by Gasteiger charge is 2.25. The highest BCUT2D eigenvalue weighted by Crippen LogP contribution is 2.27. The quantitative estimate of drug-likeness (QED) is 0.770. The lowest BCUT2D eigenvalue weighted by molar-refractivity contribution is 0.0994. The zero-order valence-corrected chi connectivity index (χ0v) is 9.94. The van der Waals surface area contributed by atoms with Crippen molar-refractivity contribution < 1.29 is 4.79 Å². The molecule has 0 spiro atoms. The van der Waals surface area contributed by atoms with Crippen molar-refractivity contribution in [2.45, 2.75) is 26.3 Å². The number of aryl methyl sites for hydroxylation is 1. The summed E-state index contributed by atoms with van der Waals surface area (Å²) in [4.78, 5) is 11.7. The molecule has 2 heteroatoms. The Morgan fingerprint density at radius 3 is 2.71 bits per heavy atom. The van der Waals surface area contributed by atoms with Gasteiger partial charge in [0.25, 0.3) is 0 Å². The Hall–Kier alpha value is -1.83. The number of carbonyl (C=O) groups is 1. The van der Waals surface area contributed by atoms with Gasteiger partial charge in [-0.05, 0) is 24.5 Å². The molecule has 0 radical (unpaired) electrons. The van der Waals surface area contributed by atoms with Crippen LogP contribution < -0.4 is 0 Å². The molecule has 0 fully saturated rings. The van der Waals surface area contributed by atoms with Gasteiger partial charge in [0, 0.05) is 30.4 Å². The lowest BCUT2D eigenvalue weighted by Crippen LogP contribution is -2.01. The van der Waals surface area contributed by atoms with Crippen molar-refractivity contribution in [3.63, 3.8) is 0 Å². The Kier molecular flexibility index (Phi) is 2.36. The number of benzene rings is 1. The maximum absolute atomic E-state index is 11.7. The minimum atomic E-state index is 0.310. The SMILES string of the molecule is Cc1cn(Cc2ccccc2)c2c1C(=O)CC2. The molecule has 0 amide bonds. The van der Waals surface area contributed by atoms with Crippen molar-refractivity contribution in [2.75, 3.05) is 0 Å². The van der Waals surface area contributed by atoms with Crippen LogP contribution >= 0.6 is 0 Å². The van der Waals surface area contributed by atoms with E-state index >= 15 is 0 Å². The zero-order chi connectivity index (χ0) is 11.8. The zero-order valence-electron chi connectivity index (χ0n) is 9.94. The number of aromatic nitrogens is 1. The standard InChI is InChI=1S/C15H15NO/c1-11-9-16(10-12-5-3-2-4-6-12)13-7-8-14(17)15(11)13/h2-6,9H,7-8,10H2,1H3. The van der Waals surface area contributed by atoms with Gasteiger partial charge >= 0.3 is 0 Å². The Morgan fingerprint density at radius 1 is 1.18 bits per heavy atom. The highest BCUT2D eigenvalue weighted by atomic mass is 16.1. The summed E-state index contributed by atoms with van der Waals surface area (Å²) in [5.74, 6) is 0.310. The van der Waals surface area contributed by atoms with E-state index < -0.39 is 0 Å². The predicted octanol–water partition coefficient (Wildman–Crippen LogP) is 2.97. The van der Waals surface area contributed by atoms with Crippen LogP contribution in [0.2, 0.25) is 0 Å². The smallest absolute Gasteiger partial charge is 0.165 e. The van der Waals surface area contributed by atoms with E-state index in [0.29, 0.717) is 12.2 Å². The van der Waals surface area contributed by atoms with Crippen molar-refractivity contribution in [1.82, 2.24) is 4.57 Å². The number of ketones is 1. The van der Waals surface area contributed by atoms with Gasteiger partial charge in [-0.1, -0.05) is 30.3 Å². The minimum absolute atomic E-state index is 0.310. The Bertz CT molecular complexity index is 566. The third-order valence-corrected chi connectivity index (χ3v) is 3.44. The van der Waals surface area contributed by atoms with E-state index in [2.05, 4.69) is 35.0 Å². The van der Waals surface area contributed by atoms with Gasteiger partial charge in [-0.25, -0.2) is 0 Å². The van der Waals surface area contributed by atoms with E-state index in [1.165, 1.54) is 11.3 Å². The van der Waals surface area contributed by atoms with Crippen molar-refractivity contribution in [1.29, 1.82) is 0 Å². The van der Waals surface area contributed by atoms with Gasteiger partial charge in [0.05, 0.1) is 0 Å². The van der Waals surface area contributed by atoms with Gasteiger partial charge in [0.1, 0.15) is 0 Å². The summed E-state index contributed by atoms with van der Waals surface area (Å²) in [5, 5.41) is 0. The van der Waals surface area contributed by atoms with Crippen molar-refractivity contribution >= 4 is 5.78 Å². The molecule has 0 saturated carbocycles. The molecule has 1 aromatic heterocycles. The summed E-state index contributed by atoms with van der Waals surface area (Å²) in [5.41, 5.74) is 4.60. The normalized spacial score (nSPS) is 14.1. The average Bonchev–Trinajstić information content (AvgIpc) is 2.84. The minimum Gasteiger partial charge on any atom is -0.346 e. The molecule has 0 atom stereocenters. The predicted molar refractivity (Wildman–Crippen MR) is 67.4 cm³/mol. The molecule has 1 heterocycles. The fourth-order valence-corrected chi connectivity index (χ4v) is 2.68. The molecular weight excluding hydrogens is 210 g/mol. The number of fused-ring (bicyclic) bond motifs is 1. The monoisotopic (exact) mass is 225 g/mol. The van der Waals surface area contributed by atoms with Crippen LogP contribution in [-0.4, -0.2) is 10.4 Å². The molecule has 1 aliphatic carbocycles. The van der Waals surface area contributed by atoms with Gasteiger partial charge in [-0.15, -0.1) is 0 Å². The van der Waals surface area contributed by atoms with Crippen LogP contribution in [0.15, 0.2) is 36.5 Å². The third kappa shape index (κ3) is 1.70. The second-order valence-corrected chi connectivity index (χ2v) is 4.67. The summed E-state index contributed by atoms with van der Waals surface area (Å²) < 4.78 is 2.23. The molecule has 0 bridgehead atoms. The summed E-state index contributed by atoms with van der Waals surface area (Å²) in [6.07, 6.45) is 3.69. The van der Waals surface area contributed by atoms with Gasteiger partial charge in [-0.2, -0.15) is 0 Å². The van der Waals surface area contributed by atoms with Crippen LogP contribution in [0.3, 0.4) is 0 Å². The number of nitrogens with zero attached hydrogens (tertiary/aromatic N) is 1. The summed E-state index contributed by atoms with van der Waals surface area (Å²) >= 11 is 0. The molecule has 2 aromatic rings. The van der Waals surface area contributed by atoms with Crippen LogP contribution in [0.4, 0.5) is 0 Å². The molecule has 86 valence electrons. The van der Waals surface area contributed by atoms with E-state index in [4.69, 9.17) is 0 Å². The molecule has 0 saturated heterocycles. The fourth-order valence-electron chi connectivity index (χ4n) is 2.68. The van der Waals surface area contributed by atoms with Crippen molar-refractivity contribution in [3.05, 3.63) is 58.9 Å². The topological polar surface area (TPSA) is 22.0 Å². The van der Waals surface area contributed by atoms with Crippen LogP contribution in [0.1, 0.15) is 33.6 Å². The van der Waals surface area contributed by atoms with Gasteiger partial charge < -0.3 is 4.57 Å². The number of Topliss-reactive ketones (excluding diaryl/α,β-unsaturated/α-hetero) is 1. The molecule has 1 aliphatic rings. The van der Waals surface area contributed by atoms with Crippen LogP contribution in [0.5, 0.6) is 0 Å². The van der Waals surface area contributed by atoms with E-state index in [1.807, 2.05) is 13.0 Å². The molecule has 3 rings (SSSR count). The van der Waals surface area contributed by atoms with Gasteiger partial charge in [-0.3, -0.25) is 4.79 Å². The number of rotatable bonds is 2. The first-order valence-electron chi connectivity index (χ1n) is 6.01. The molecular formula is C15H15NO. The van der Waals surface area contributed by atoms with E-state index in [-0.39, 0.29) is 0 Å². The van der Waals surface area contributed by atoms with Crippen LogP contribution in [0, 0.1) is 6.92 Å². The molecule has 0 unspecified atom stereocenters. The maximum atomic E-state index is 11.7. The Morgan fingerprint density at radius 2 is 1.94 bits per heavy atom. The first-order valence-corrected chi connectivity index (χ1v) is 6.01. The van der Waals surface area contributed by atoms with E-state index in [9.17, 15) is 4.79 Å². The lowest BCUT2D eigenvalue weighted by atomic mass is 10.2. The number of carbonyl (C=O) groups excluding carboxylic acids is 1. The summed E-state index contributed by atoms with van der Waals surface area (Å²) in [7, 11) is 0. The maximum Gasteiger partial charge on any atom is 0.165 e. The highest BCUT2D eigenvalue weighted by molar-refractivity contribution is 6.01. The molecule has 2 nitrogen and oxygen atoms in total. The third-order valence-electron chi connectivity index (χ3n) is 3.44. The van der Waals surface area contributed by atoms with Crippen LogP contribution in [0.25, 0.3) is 0 Å². The summed E-state index contributed by atoms with van der Waals surface area (Å²) in [6, 6.07) is 10.4. The molecule has 0 aliphatic heterocycles. The fraction of sp³-hybridized carbons (Fsp3) is 0.267. The van der Waals surface area contributed by atoms with E-state index in [1.54, 1.807) is 0 Å². The largest absolute Gasteiger partial charge is 0.346 e. The first-order chi connectivity index (χ1) is 8.25. The van der Waals surface area contributed by atoms with Gasteiger partial charge in [0.2, 0.25) is 0 Å². The van der Waals surface area contributed by atoms with Gasteiger partial charge in [0.15, 0.2) is 5.78 Å².